The Morgan fingerprint density at radius 3 is 2.44 bits per heavy atom. The zero-order valence-electron chi connectivity index (χ0n) is 14.8. The van der Waals surface area contributed by atoms with E-state index in [-0.39, 0.29) is 29.1 Å². The minimum absolute atomic E-state index is 0.00334. The van der Waals surface area contributed by atoms with E-state index >= 15 is 0 Å². The first-order valence-corrected chi connectivity index (χ1v) is 9.60. The molecule has 1 saturated carbocycles. The maximum absolute atomic E-state index is 12.8. The molecule has 132 valence electrons. The van der Waals surface area contributed by atoms with Crippen LogP contribution < -0.4 is 5.32 Å². The molecule has 0 bridgehead atoms. The topological polar surface area (TPSA) is 73.2 Å². The SMILES string of the molecule is CC(C)(C)N1C(=O)CSC(C(=O)NC2CC2)C1c1ccc(C#N)cc1. The lowest BCUT2D eigenvalue weighted by molar-refractivity contribution is -0.138. The number of hydrogen-bond acceptors (Lipinski definition) is 4. The molecule has 1 aromatic rings. The van der Waals surface area contributed by atoms with Crippen LogP contribution in [-0.2, 0) is 9.59 Å². The van der Waals surface area contributed by atoms with Crippen LogP contribution in [0.15, 0.2) is 24.3 Å². The van der Waals surface area contributed by atoms with Crippen molar-refractivity contribution in [3.8, 4) is 6.07 Å². The first-order chi connectivity index (χ1) is 11.8. The molecule has 2 unspecified atom stereocenters. The fourth-order valence-corrected chi connectivity index (χ4v) is 4.35. The fourth-order valence-electron chi connectivity index (χ4n) is 3.21. The summed E-state index contributed by atoms with van der Waals surface area (Å²) in [6.45, 7) is 5.98. The highest BCUT2D eigenvalue weighted by Gasteiger charge is 2.46. The number of benzene rings is 1. The molecule has 1 N–H and O–H groups in total. The third-order valence-electron chi connectivity index (χ3n) is 4.51. The minimum Gasteiger partial charge on any atom is -0.352 e. The highest BCUT2D eigenvalue weighted by Crippen LogP contribution is 2.41. The molecule has 2 atom stereocenters. The third kappa shape index (κ3) is 3.82. The lowest BCUT2D eigenvalue weighted by Gasteiger charge is -2.47. The Balaban J connectivity index is 1.98. The van der Waals surface area contributed by atoms with Crippen molar-refractivity contribution in [1.82, 2.24) is 10.2 Å². The Kier molecular flexibility index (Phi) is 4.79. The van der Waals surface area contributed by atoms with E-state index in [0.29, 0.717) is 11.3 Å². The largest absolute Gasteiger partial charge is 0.352 e. The number of rotatable bonds is 3. The van der Waals surface area contributed by atoms with Crippen LogP contribution in [0.25, 0.3) is 0 Å². The summed E-state index contributed by atoms with van der Waals surface area (Å²) in [5, 5.41) is 11.8. The van der Waals surface area contributed by atoms with Crippen molar-refractivity contribution in [3.63, 3.8) is 0 Å². The van der Waals surface area contributed by atoms with Crippen molar-refractivity contribution in [2.75, 3.05) is 5.75 Å². The van der Waals surface area contributed by atoms with Crippen molar-refractivity contribution < 1.29 is 9.59 Å². The molecule has 5 nitrogen and oxygen atoms in total. The molecule has 3 rings (SSSR count). The van der Waals surface area contributed by atoms with E-state index in [1.165, 1.54) is 11.8 Å². The Morgan fingerprint density at radius 1 is 1.28 bits per heavy atom. The van der Waals surface area contributed by atoms with E-state index in [4.69, 9.17) is 5.26 Å². The molecule has 2 amide bonds. The summed E-state index contributed by atoms with van der Waals surface area (Å²) >= 11 is 1.41. The number of thioether (sulfide) groups is 1. The molecule has 6 heteroatoms. The molecule has 0 spiro atoms. The fraction of sp³-hybridized carbons (Fsp3) is 0.526. The van der Waals surface area contributed by atoms with Crippen molar-refractivity contribution in [3.05, 3.63) is 35.4 Å². The second-order valence-electron chi connectivity index (χ2n) is 7.63. The predicted octanol–water partition coefficient (Wildman–Crippen LogP) is 2.62. The molecule has 1 aliphatic heterocycles. The van der Waals surface area contributed by atoms with Gasteiger partial charge in [0.1, 0.15) is 5.25 Å². The van der Waals surface area contributed by atoms with Gasteiger partial charge < -0.3 is 10.2 Å². The third-order valence-corrected chi connectivity index (χ3v) is 5.75. The number of nitrogens with zero attached hydrogens (tertiary/aromatic N) is 2. The quantitative estimate of drug-likeness (QED) is 0.902. The van der Waals surface area contributed by atoms with Gasteiger partial charge in [0.15, 0.2) is 0 Å². The number of hydrogen-bond donors (Lipinski definition) is 1. The summed E-state index contributed by atoms with van der Waals surface area (Å²) in [5.41, 5.74) is 1.07. The van der Waals surface area contributed by atoms with Crippen LogP contribution >= 0.6 is 11.8 Å². The maximum atomic E-state index is 12.8. The Labute approximate surface area is 152 Å². The second kappa shape index (κ2) is 6.72. The van der Waals surface area contributed by atoms with E-state index in [2.05, 4.69) is 11.4 Å². The van der Waals surface area contributed by atoms with Crippen LogP contribution in [0.2, 0.25) is 0 Å². The number of nitrogens with one attached hydrogen (secondary N) is 1. The summed E-state index contributed by atoms with van der Waals surface area (Å²) in [5.74, 6) is 0.359. The van der Waals surface area contributed by atoms with E-state index in [1.54, 1.807) is 12.1 Å². The lowest BCUT2D eigenvalue weighted by atomic mass is 9.93. The van der Waals surface area contributed by atoms with Gasteiger partial charge in [-0.05, 0) is 51.3 Å². The van der Waals surface area contributed by atoms with Crippen LogP contribution in [0.3, 0.4) is 0 Å². The second-order valence-corrected chi connectivity index (χ2v) is 8.76. The van der Waals surface area contributed by atoms with Gasteiger partial charge in [-0.15, -0.1) is 11.8 Å². The molecule has 0 radical (unpaired) electrons. The Hall–Kier alpha value is -2.00. The van der Waals surface area contributed by atoms with Crippen molar-refractivity contribution in [2.24, 2.45) is 0 Å². The first kappa shape index (κ1) is 17.8. The maximum Gasteiger partial charge on any atom is 0.235 e. The summed E-state index contributed by atoms with van der Waals surface area (Å²) in [6, 6.07) is 9.27. The number of amides is 2. The normalized spacial score (nSPS) is 23.9. The molecular formula is C19H23N3O2S. The molecular weight excluding hydrogens is 334 g/mol. The summed E-state index contributed by atoms with van der Waals surface area (Å²) in [7, 11) is 0. The number of carbonyl (C=O) groups excluding carboxylic acids is 2. The Morgan fingerprint density at radius 2 is 1.92 bits per heavy atom. The monoisotopic (exact) mass is 357 g/mol. The lowest BCUT2D eigenvalue weighted by Crippen LogP contribution is -2.57. The summed E-state index contributed by atoms with van der Waals surface area (Å²) in [4.78, 5) is 27.3. The first-order valence-electron chi connectivity index (χ1n) is 8.55. The van der Waals surface area contributed by atoms with Crippen molar-refractivity contribution >= 4 is 23.6 Å². The van der Waals surface area contributed by atoms with E-state index < -0.39 is 5.54 Å². The van der Waals surface area contributed by atoms with Gasteiger partial charge in [0, 0.05) is 11.6 Å². The van der Waals surface area contributed by atoms with Gasteiger partial charge in [0.25, 0.3) is 0 Å². The van der Waals surface area contributed by atoms with Crippen LogP contribution in [0.4, 0.5) is 0 Å². The van der Waals surface area contributed by atoms with Gasteiger partial charge >= 0.3 is 0 Å². The average molecular weight is 357 g/mol. The van der Waals surface area contributed by atoms with Crippen LogP contribution in [0.1, 0.15) is 50.8 Å². The number of carbonyl (C=O) groups is 2. The van der Waals surface area contributed by atoms with Gasteiger partial charge in [-0.25, -0.2) is 0 Å². The summed E-state index contributed by atoms with van der Waals surface area (Å²) < 4.78 is 0. The zero-order valence-corrected chi connectivity index (χ0v) is 15.6. The minimum atomic E-state index is -0.394. The van der Waals surface area contributed by atoms with Crippen molar-refractivity contribution in [1.29, 1.82) is 5.26 Å². The molecule has 1 heterocycles. The molecule has 2 fully saturated rings. The van der Waals surface area contributed by atoms with Crippen molar-refractivity contribution in [2.45, 2.75) is 56.5 Å². The Bertz CT molecular complexity index is 714. The molecule has 2 aliphatic rings. The zero-order chi connectivity index (χ0) is 18.2. The van der Waals surface area contributed by atoms with E-state index in [9.17, 15) is 9.59 Å². The van der Waals surface area contributed by atoms with Gasteiger partial charge in [-0.3, -0.25) is 9.59 Å². The average Bonchev–Trinajstić information content (AvgIpc) is 3.37. The van der Waals surface area contributed by atoms with E-state index in [0.717, 1.165) is 18.4 Å². The molecule has 1 aliphatic carbocycles. The van der Waals surface area contributed by atoms with Gasteiger partial charge in [0.05, 0.1) is 23.4 Å². The molecule has 1 saturated heterocycles. The summed E-state index contributed by atoms with van der Waals surface area (Å²) in [6.07, 6.45) is 2.07. The number of nitriles is 1. The molecule has 1 aromatic carbocycles. The molecule has 0 aromatic heterocycles. The van der Waals surface area contributed by atoms with Gasteiger partial charge in [-0.2, -0.15) is 5.26 Å². The van der Waals surface area contributed by atoms with Crippen LogP contribution in [-0.4, -0.2) is 39.3 Å². The van der Waals surface area contributed by atoms with Gasteiger partial charge in [-0.1, -0.05) is 12.1 Å². The van der Waals surface area contributed by atoms with E-state index in [1.807, 2.05) is 37.8 Å². The predicted molar refractivity (Wildman–Crippen MR) is 97.9 cm³/mol. The highest BCUT2D eigenvalue weighted by atomic mass is 32.2. The van der Waals surface area contributed by atoms with Gasteiger partial charge in [0.2, 0.25) is 11.8 Å². The highest BCUT2D eigenvalue weighted by molar-refractivity contribution is 8.01. The molecule has 25 heavy (non-hydrogen) atoms. The van der Waals surface area contributed by atoms with Crippen LogP contribution in [0.5, 0.6) is 0 Å². The van der Waals surface area contributed by atoms with Crippen LogP contribution in [0, 0.1) is 11.3 Å². The standard InChI is InChI=1S/C19H23N3O2S/c1-19(2,3)22-15(23)11-25-17(18(24)21-14-8-9-14)16(22)13-6-4-12(10-20)5-7-13/h4-7,14,16-17H,8-9,11H2,1-3H3,(H,21,24). The smallest absolute Gasteiger partial charge is 0.235 e.